The van der Waals surface area contributed by atoms with Gasteiger partial charge in [-0.1, -0.05) is 0 Å². The monoisotopic (exact) mass is 311 g/mol. The fourth-order valence-electron chi connectivity index (χ4n) is 1.41. The van der Waals surface area contributed by atoms with Gasteiger partial charge in [0, 0.05) is 6.42 Å². The highest BCUT2D eigenvalue weighted by Crippen LogP contribution is 2.11. The Bertz CT molecular complexity index is 681. The number of carbonyl (C=O) groups is 1. The van der Waals surface area contributed by atoms with Crippen molar-refractivity contribution >= 4 is 29.3 Å². The van der Waals surface area contributed by atoms with Crippen LogP contribution in [-0.2, 0) is 11.3 Å². The zero-order valence-electron chi connectivity index (χ0n) is 10.6. The summed E-state index contributed by atoms with van der Waals surface area (Å²) in [6.45, 7) is 0.197. The normalized spacial score (nSPS) is 10.9. The largest absolute Gasteiger partial charge is 0.389 e. The molecular weight excluding hydrogens is 301 g/mol. The van der Waals surface area contributed by atoms with Crippen LogP contribution in [0.4, 0.5) is 10.2 Å². The van der Waals surface area contributed by atoms with Crippen molar-refractivity contribution in [3.05, 3.63) is 44.5 Å². The van der Waals surface area contributed by atoms with Gasteiger partial charge in [-0.05, 0) is 17.1 Å². The summed E-state index contributed by atoms with van der Waals surface area (Å²) in [5.74, 6) is -0.644. The van der Waals surface area contributed by atoms with Crippen molar-refractivity contribution in [3.8, 4) is 0 Å². The molecule has 0 saturated heterocycles. The third-order valence-electron chi connectivity index (χ3n) is 2.36. The molecule has 2 aromatic rings. The van der Waals surface area contributed by atoms with Crippen molar-refractivity contribution < 1.29 is 14.1 Å². The number of hydrogen-bond donors (Lipinski definition) is 1. The molecule has 21 heavy (non-hydrogen) atoms. The van der Waals surface area contributed by atoms with E-state index in [2.05, 4.69) is 15.6 Å². The SMILES string of the molecule is O=C(CCn1ccc([N+](=O)[O-])n1)N/N=C\c1ccc(F)s1. The second kappa shape index (κ2) is 6.70. The minimum Gasteiger partial charge on any atom is -0.358 e. The summed E-state index contributed by atoms with van der Waals surface area (Å²) in [4.78, 5) is 21.9. The molecule has 0 fully saturated rings. The number of nitrogens with zero attached hydrogens (tertiary/aromatic N) is 4. The molecule has 0 atom stereocenters. The molecule has 0 spiro atoms. The number of thiophene rings is 1. The lowest BCUT2D eigenvalue weighted by atomic mass is 10.4. The third-order valence-corrected chi connectivity index (χ3v) is 3.16. The minimum atomic E-state index is -0.610. The van der Waals surface area contributed by atoms with E-state index in [0.717, 1.165) is 11.3 Å². The Labute approximate surface area is 122 Å². The van der Waals surface area contributed by atoms with Crippen molar-refractivity contribution in [2.45, 2.75) is 13.0 Å². The Morgan fingerprint density at radius 1 is 1.57 bits per heavy atom. The number of hydrazone groups is 1. The van der Waals surface area contributed by atoms with Gasteiger partial charge in [0.1, 0.15) is 0 Å². The van der Waals surface area contributed by atoms with Crippen molar-refractivity contribution in [2.24, 2.45) is 5.10 Å². The number of aryl methyl sites for hydroxylation is 1. The maximum absolute atomic E-state index is 12.7. The topological polar surface area (TPSA) is 102 Å². The van der Waals surface area contributed by atoms with Gasteiger partial charge in [-0.3, -0.25) is 4.79 Å². The number of nitro groups is 1. The second-order valence-electron chi connectivity index (χ2n) is 3.88. The summed E-state index contributed by atoms with van der Waals surface area (Å²) < 4.78 is 14.0. The van der Waals surface area contributed by atoms with E-state index < -0.39 is 4.92 Å². The number of hydrogen-bond acceptors (Lipinski definition) is 6. The van der Waals surface area contributed by atoms with Crippen LogP contribution in [0.25, 0.3) is 0 Å². The number of amides is 1. The molecule has 0 bridgehead atoms. The van der Waals surface area contributed by atoms with Gasteiger partial charge >= 0.3 is 5.82 Å². The second-order valence-corrected chi connectivity index (χ2v) is 4.94. The lowest BCUT2D eigenvalue weighted by Gasteiger charge is -1.97. The highest BCUT2D eigenvalue weighted by molar-refractivity contribution is 7.12. The van der Waals surface area contributed by atoms with E-state index in [-0.39, 0.29) is 29.8 Å². The van der Waals surface area contributed by atoms with Crippen LogP contribution in [0.3, 0.4) is 0 Å². The van der Waals surface area contributed by atoms with Gasteiger partial charge in [-0.2, -0.15) is 14.2 Å². The van der Waals surface area contributed by atoms with Crippen LogP contribution in [0.1, 0.15) is 11.3 Å². The van der Waals surface area contributed by atoms with Crippen LogP contribution in [0.5, 0.6) is 0 Å². The smallest absolute Gasteiger partial charge is 0.358 e. The van der Waals surface area contributed by atoms with Crippen LogP contribution in [0, 0.1) is 15.2 Å². The number of rotatable bonds is 6. The molecule has 0 aliphatic rings. The van der Waals surface area contributed by atoms with Crippen LogP contribution < -0.4 is 5.43 Å². The van der Waals surface area contributed by atoms with Crippen LogP contribution in [0.2, 0.25) is 0 Å². The number of aromatic nitrogens is 2. The highest BCUT2D eigenvalue weighted by Gasteiger charge is 2.11. The Hall–Kier alpha value is -2.62. The Morgan fingerprint density at radius 2 is 2.38 bits per heavy atom. The fourth-order valence-corrected chi connectivity index (χ4v) is 2.01. The lowest BCUT2D eigenvalue weighted by molar-refractivity contribution is -0.389. The molecule has 0 radical (unpaired) electrons. The third kappa shape index (κ3) is 4.45. The standard InChI is InChI=1S/C11H10FN5O3S/c12-9-2-1-8(21-9)7-13-14-11(18)4-6-16-5-3-10(15-16)17(19)20/h1-3,5,7H,4,6H2,(H,14,18)/b13-7-. The van der Waals surface area contributed by atoms with Crippen molar-refractivity contribution in [1.29, 1.82) is 0 Å². The Morgan fingerprint density at radius 3 is 3.00 bits per heavy atom. The van der Waals surface area contributed by atoms with Crippen molar-refractivity contribution in [2.75, 3.05) is 0 Å². The molecule has 2 heterocycles. The predicted octanol–water partition coefficient (Wildman–Crippen LogP) is 1.53. The maximum atomic E-state index is 12.7. The first kappa shape index (κ1) is 14.8. The van der Waals surface area contributed by atoms with E-state index in [9.17, 15) is 19.3 Å². The van der Waals surface area contributed by atoms with E-state index in [1.54, 1.807) is 6.07 Å². The van der Waals surface area contributed by atoms with Crippen LogP contribution in [-0.4, -0.2) is 26.8 Å². The summed E-state index contributed by atoms with van der Waals surface area (Å²) >= 11 is 0.910. The molecule has 0 aromatic carbocycles. The Balaban J connectivity index is 1.76. The van der Waals surface area contributed by atoms with Gasteiger partial charge in [0.25, 0.3) is 0 Å². The average molecular weight is 311 g/mol. The lowest BCUT2D eigenvalue weighted by Crippen LogP contribution is -2.19. The molecule has 110 valence electrons. The molecule has 2 aromatic heterocycles. The van der Waals surface area contributed by atoms with Gasteiger partial charge < -0.3 is 10.1 Å². The van der Waals surface area contributed by atoms with E-state index >= 15 is 0 Å². The number of nitrogens with one attached hydrogen (secondary N) is 1. The van der Waals surface area contributed by atoms with Gasteiger partial charge in [0.2, 0.25) is 5.91 Å². The zero-order valence-corrected chi connectivity index (χ0v) is 11.4. The molecule has 10 heteroatoms. The van der Waals surface area contributed by atoms with Gasteiger partial charge in [-0.15, -0.1) is 11.3 Å². The molecule has 8 nitrogen and oxygen atoms in total. The Kier molecular flexibility index (Phi) is 4.72. The molecule has 0 unspecified atom stereocenters. The summed E-state index contributed by atoms with van der Waals surface area (Å²) in [7, 11) is 0. The average Bonchev–Trinajstić information content (AvgIpc) is 3.05. The van der Waals surface area contributed by atoms with E-state index in [1.807, 2.05) is 0 Å². The molecule has 2 rings (SSSR count). The number of halogens is 1. The minimum absolute atomic E-state index is 0.0645. The van der Waals surface area contributed by atoms with Crippen molar-refractivity contribution in [3.63, 3.8) is 0 Å². The molecule has 0 saturated carbocycles. The van der Waals surface area contributed by atoms with Crippen molar-refractivity contribution in [1.82, 2.24) is 15.2 Å². The highest BCUT2D eigenvalue weighted by atomic mass is 32.1. The van der Waals surface area contributed by atoms with Gasteiger partial charge in [0.15, 0.2) is 5.13 Å². The van der Waals surface area contributed by atoms with E-state index in [1.165, 1.54) is 29.2 Å². The predicted molar refractivity (Wildman–Crippen MR) is 73.5 cm³/mol. The summed E-state index contributed by atoms with van der Waals surface area (Å²) in [6.07, 6.45) is 2.82. The first-order valence-corrected chi connectivity index (χ1v) is 6.61. The van der Waals surface area contributed by atoms with Gasteiger partial charge in [-0.25, -0.2) is 5.43 Å². The van der Waals surface area contributed by atoms with Crippen LogP contribution >= 0.6 is 11.3 Å². The molecule has 1 N–H and O–H groups in total. The summed E-state index contributed by atoms with van der Waals surface area (Å²) in [5.41, 5.74) is 2.28. The molecule has 1 amide bonds. The van der Waals surface area contributed by atoms with E-state index in [4.69, 9.17) is 0 Å². The fraction of sp³-hybridized carbons (Fsp3) is 0.182. The molecule has 0 aliphatic heterocycles. The zero-order chi connectivity index (χ0) is 15.2. The molecule has 0 aliphatic carbocycles. The molecular formula is C11H10FN5O3S. The summed E-state index contributed by atoms with van der Waals surface area (Å²) in [6, 6.07) is 4.10. The number of carbonyl (C=O) groups excluding carboxylic acids is 1. The maximum Gasteiger partial charge on any atom is 0.389 e. The first-order chi connectivity index (χ1) is 10.0. The first-order valence-electron chi connectivity index (χ1n) is 5.79. The summed E-state index contributed by atoms with van der Waals surface area (Å²) in [5, 5.41) is 17.5. The quantitative estimate of drug-likeness (QED) is 0.496. The van der Waals surface area contributed by atoms with Crippen LogP contribution in [0.15, 0.2) is 29.5 Å². The van der Waals surface area contributed by atoms with Gasteiger partial charge in [0.05, 0.1) is 35.0 Å². The van der Waals surface area contributed by atoms with E-state index in [0.29, 0.717) is 4.88 Å².